The van der Waals surface area contributed by atoms with Gasteiger partial charge in [0, 0.05) is 19.1 Å². The SMILES string of the molecule is CCN1CCC(N2CCC(N)(C(=O)O)C2)CC1. The van der Waals surface area contributed by atoms with Crippen molar-refractivity contribution in [3.05, 3.63) is 0 Å². The second kappa shape index (κ2) is 4.92. The molecule has 5 nitrogen and oxygen atoms in total. The van der Waals surface area contributed by atoms with Crippen LogP contribution in [0.2, 0.25) is 0 Å². The zero-order valence-electron chi connectivity index (χ0n) is 10.6. The van der Waals surface area contributed by atoms with E-state index in [1.807, 2.05) is 0 Å². The first-order valence-electron chi connectivity index (χ1n) is 6.54. The Balaban J connectivity index is 1.87. The Hall–Kier alpha value is -0.650. The van der Waals surface area contributed by atoms with Crippen LogP contribution in [0, 0.1) is 0 Å². The molecule has 0 aromatic rings. The minimum Gasteiger partial charge on any atom is -0.480 e. The molecule has 0 aromatic carbocycles. The highest BCUT2D eigenvalue weighted by Crippen LogP contribution is 2.25. The first-order chi connectivity index (χ1) is 8.05. The molecule has 2 aliphatic heterocycles. The van der Waals surface area contributed by atoms with E-state index in [-0.39, 0.29) is 0 Å². The van der Waals surface area contributed by atoms with Crippen LogP contribution in [-0.4, -0.2) is 65.2 Å². The maximum atomic E-state index is 11.1. The predicted octanol–water partition coefficient (Wildman–Crippen LogP) is -0.0415. The summed E-state index contributed by atoms with van der Waals surface area (Å²) in [4.78, 5) is 15.8. The molecule has 1 unspecified atom stereocenters. The van der Waals surface area contributed by atoms with E-state index < -0.39 is 11.5 Å². The topological polar surface area (TPSA) is 69.8 Å². The fourth-order valence-electron chi connectivity index (χ4n) is 2.95. The Labute approximate surface area is 103 Å². The van der Waals surface area contributed by atoms with E-state index in [9.17, 15) is 4.79 Å². The highest BCUT2D eigenvalue weighted by molar-refractivity contribution is 5.79. The number of likely N-dealkylation sites (tertiary alicyclic amines) is 2. The minimum absolute atomic E-state index is 0.513. The Kier molecular flexibility index (Phi) is 3.70. The summed E-state index contributed by atoms with van der Waals surface area (Å²) in [6, 6.07) is 0.530. The second-order valence-electron chi connectivity index (χ2n) is 5.35. The van der Waals surface area contributed by atoms with Gasteiger partial charge in [0.15, 0.2) is 0 Å². The lowest BCUT2D eigenvalue weighted by atomic mass is 10.0. The highest BCUT2D eigenvalue weighted by Gasteiger charge is 2.43. The number of carbonyl (C=O) groups is 1. The summed E-state index contributed by atoms with van der Waals surface area (Å²) < 4.78 is 0. The molecule has 0 aliphatic carbocycles. The zero-order valence-corrected chi connectivity index (χ0v) is 10.6. The van der Waals surface area contributed by atoms with Crippen LogP contribution in [0.15, 0.2) is 0 Å². The summed E-state index contributed by atoms with van der Waals surface area (Å²) in [7, 11) is 0. The van der Waals surface area contributed by atoms with Crippen molar-refractivity contribution in [1.82, 2.24) is 9.80 Å². The summed E-state index contributed by atoms with van der Waals surface area (Å²) in [6.45, 7) is 6.90. The Bertz CT molecular complexity index is 289. The lowest BCUT2D eigenvalue weighted by Crippen LogP contribution is -2.52. The number of aliphatic carboxylic acids is 1. The first kappa shape index (κ1) is 12.8. The number of carboxylic acids is 1. The predicted molar refractivity (Wildman–Crippen MR) is 65.9 cm³/mol. The number of rotatable bonds is 3. The Morgan fingerprint density at radius 3 is 2.53 bits per heavy atom. The molecule has 0 bridgehead atoms. The average molecular weight is 241 g/mol. The van der Waals surface area contributed by atoms with Crippen molar-refractivity contribution in [1.29, 1.82) is 0 Å². The van der Waals surface area contributed by atoms with Gasteiger partial charge in [0.25, 0.3) is 0 Å². The van der Waals surface area contributed by atoms with Crippen LogP contribution in [0.3, 0.4) is 0 Å². The van der Waals surface area contributed by atoms with Crippen molar-refractivity contribution in [3.8, 4) is 0 Å². The average Bonchev–Trinajstić information content (AvgIpc) is 2.74. The summed E-state index contributed by atoms with van der Waals surface area (Å²) in [5.41, 5.74) is 4.89. The molecule has 98 valence electrons. The highest BCUT2D eigenvalue weighted by atomic mass is 16.4. The molecule has 1 atom stereocenters. The molecule has 17 heavy (non-hydrogen) atoms. The van der Waals surface area contributed by atoms with Crippen LogP contribution < -0.4 is 5.73 Å². The molecule has 5 heteroatoms. The number of carboxylic acid groups (broad SMARTS) is 1. The van der Waals surface area contributed by atoms with E-state index in [1.54, 1.807) is 0 Å². The molecular formula is C12H23N3O2. The van der Waals surface area contributed by atoms with E-state index >= 15 is 0 Å². The van der Waals surface area contributed by atoms with Crippen molar-refractivity contribution in [2.75, 3.05) is 32.7 Å². The van der Waals surface area contributed by atoms with Crippen molar-refractivity contribution < 1.29 is 9.90 Å². The monoisotopic (exact) mass is 241 g/mol. The number of piperidine rings is 1. The third-order valence-electron chi connectivity index (χ3n) is 4.28. The molecule has 0 spiro atoms. The molecule has 2 heterocycles. The standard InChI is InChI=1S/C12H23N3O2/c1-2-14-6-3-10(4-7-14)15-8-5-12(13,9-15)11(16)17/h10H,2-9,13H2,1H3,(H,16,17). The van der Waals surface area contributed by atoms with Gasteiger partial charge < -0.3 is 15.7 Å². The summed E-state index contributed by atoms with van der Waals surface area (Å²) in [5, 5.41) is 9.11. The molecule has 0 aromatic heterocycles. The summed E-state index contributed by atoms with van der Waals surface area (Å²) in [5.74, 6) is -0.856. The van der Waals surface area contributed by atoms with Crippen LogP contribution in [-0.2, 0) is 4.79 Å². The number of hydrogen-bond acceptors (Lipinski definition) is 4. The smallest absolute Gasteiger partial charge is 0.325 e. The Morgan fingerprint density at radius 1 is 1.41 bits per heavy atom. The lowest BCUT2D eigenvalue weighted by Gasteiger charge is -2.36. The molecule has 2 saturated heterocycles. The van der Waals surface area contributed by atoms with Crippen molar-refractivity contribution in [2.45, 2.75) is 37.8 Å². The van der Waals surface area contributed by atoms with Gasteiger partial charge in [0.1, 0.15) is 5.54 Å². The quantitative estimate of drug-likeness (QED) is 0.725. The van der Waals surface area contributed by atoms with Gasteiger partial charge in [-0.1, -0.05) is 6.92 Å². The van der Waals surface area contributed by atoms with E-state index in [0.717, 1.165) is 39.0 Å². The van der Waals surface area contributed by atoms with Crippen molar-refractivity contribution in [2.24, 2.45) is 5.73 Å². The van der Waals surface area contributed by atoms with E-state index in [2.05, 4.69) is 16.7 Å². The van der Waals surface area contributed by atoms with Crippen LogP contribution in [0.1, 0.15) is 26.2 Å². The first-order valence-corrected chi connectivity index (χ1v) is 6.54. The maximum Gasteiger partial charge on any atom is 0.325 e. The van der Waals surface area contributed by atoms with Crippen LogP contribution in [0.25, 0.3) is 0 Å². The van der Waals surface area contributed by atoms with Gasteiger partial charge >= 0.3 is 5.97 Å². The van der Waals surface area contributed by atoms with E-state index in [0.29, 0.717) is 19.0 Å². The lowest BCUT2D eigenvalue weighted by molar-refractivity contribution is -0.142. The van der Waals surface area contributed by atoms with Crippen molar-refractivity contribution in [3.63, 3.8) is 0 Å². The number of hydrogen-bond donors (Lipinski definition) is 2. The van der Waals surface area contributed by atoms with E-state index in [4.69, 9.17) is 10.8 Å². The van der Waals surface area contributed by atoms with Gasteiger partial charge in [-0.3, -0.25) is 9.69 Å². The summed E-state index contributed by atoms with van der Waals surface area (Å²) in [6.07, 6.45) is 2.86. The number of nitrogens with zero attached hydrogens (tertiary/aromatic N) is 2. The third-order valence-corrected chi connectivity index (χ3v) is 4.28. The second-order valence-corrected chi connectivity index (χ2v) is 5.35. The zero-order chi connectivity index (χ0) is 12.5. The fraction of sp³-hybridized carbons (Fsp3) is 0.917. The van der Waals surface area contributed by atoms with Gasteiger partial charge in [-0.05, 0) is 38.9 Å². The molecule has 0 radical (unpaired) electrons. The third kappa shape index (κ3) is 2.61. The molecule has 0 saturated carbocycles. The molecule has 0 amide bonds. The van der Waals surface area contributed by atoms with Gasteiger partial charge in [-0.2, -0.15) is 0 Å². The normalized spacial score (nSPS) is 33.1. The number of nitrogens with two attached hydrogens (primary N) is 1. The molecule has 3 N–H and O–H groups in total. The minimum atomic E-state index is -1.01. The molecular weight excluding hydrogens is 218 g/mol. The largest absolute Gasteiger partial charge is 0.480 e. The van der Waals surface area contributed by atoms with Crippen LogP contribution >= 0.6 is 0 Å². The fourth-order valence-corrected chi connectivity index (χ4v) is 2.95. The van der Waals surface area contributed by atoms with Gasteiger partial charge in [-0.15, -0.1) is 0 Å². The molecule has 2 fully saturated rings. The van der Waals surface area contributed by atoms with Crippen LogP contribution in [0.5, 0.6) is 0 Å². The van der Waals surface area contributed by atoms with E-state index in [1.165, 1.54) is 0 Å². The van der Waals surface area contributed by atoms with Gasteiger partial charge in [0.2, 0.25) is 0 Å². The van der Waals surface area contributed by atoms with Gasteiger partial charge in [0.05, 0.1) is 0 Å². The van der Waals surface area contributed by atoms with Gasteiger partial charge in [-0.25, -0.2) is 0 Å². The Morgan fingerprint density at radius 2 is 2.06 bits per heavy atom. The van der Waals surface area contributed by atoms with Crippen LogP contribution in [0.4, 0.5) is 0 Å². The molecule has 2 aliphatic rings. The van der Waals surface area contributed by atoms with Crippen molar-refractivity contribution >= 4 is 5.97 Å². The summed E-state index contributed by atoms with van der Waals surface area (Å²) >= 11 is 0. The molecule has 2 rings (SSSR count). The maximum absolute atomic E-state index is 11.1.